The Morgan fingerprint density at radius 1 is 1.43 bits per heavy atom. The maximum atomic E-state index is 5.86. The van der Waals surface area contributed by atoms with Crippen molar-refractivity contribution in [2.24, 2.45) is 11.1 Å². The fourth-order valence-corrected chi connectivity index (χ4v) is 3.04. The molecule has 2 unspecified atom stereocenters. The Bertz CT molecular complexity index is 559. The van der Waals surface area contributed by atoms with Gasteiger partial charge in [0, 0.05) is 18.1 Å². The summed E-state index contributed by atoms with van der Waals surface area (Å²) in [5, 5.41) is 11.9. The minimum absolute atomic E-state index is 0.0456. The molecule has 2 rings (SSSR count). The average Bonchev–Trinajstić information content (AvgIpc) is 2.41. The van der Waals surface area contributed by atoms with Crippen LogP contribution in [0.25, 0.3) is 0 Å². The zero-order valence-electron chi connectivity index (χ0n) is 13.4. The SMILES string of the molecule is CCOC1CC(Nc2nnc(C)c(C)c2C(N)=S)C1(C)C. The van der Waals surface area contributed by atoms with E-state index in [4.69, 9.17) is 22.7 Å². The average molecular weight is 308 g/mol. The minimum Gasteiger partial charge on any atom is -0.389 e. The second-order valence-electron chi connectivity index (χ2n) is 6.20. The quantitative estimate of drug-likeness (QED) is 0.814. The number of rotatable bonds is 5. The number of hydrogen-bond donors (Lipinski definition) is 2. The summed E-state index contributed by atoms with van der Waals surface area (Å²) in [6.07, 6.45) is 1.22. The van der Waals surface area contributed by atoms with Crippen molar-refractivity contribution in [2.45, 2.75) is 53.2 Å². The van der Waals surface area contributed by atoms with Crippen LogP contribution in [0.2, 0.25) is 0 Å². The molecule has 1 aromatic rings. The molecule has 1 heterocycles. The van der Waals surface area contributed by atoms with Crippen molar-refractivity contribution in [1.29, 1.82) is 0 Å². The maximum absolute atomic E-state index is 5.86. The van der Waals surface area contributed by atoms with E-state index in [2.05, 4.69) is 29.4 Å². The molecule has 1 fully saturated rings. The van der Waals surface area contributed by atoms with Crippen molar-refractivity contribution < 1.29 is 4.74 Å². The lowest BCUT2D eigenvalue weighted by molar-refractivity contribution is -0.0976. The third-order valence-corrected chi connectivity index (χ3v) is 4.76. The third kappa shape index (κ3) is 2.87. The molecule has 0 aromatic carbocycles. The molecule has 3 N–H and O–H groups in total. The summed E-state index contributed by atoms with van der Waals surface area (Å²) in [6, 6.07) is 0.276. The minimum atomic E-state index is 0.0456. The molecule has 5 nitrogen and oxygen atoms in total. The zero-order valence-corrected chi connectivity index (χ0v) is 14.2. The van der Waals surface area contributed by atoms with Crippen LogP contribution in [0.3, 0.4) is 0 Å². The van der Waals surface area contributed by atoms with E-state index >= 15 is 0 Å². The van der Waals surface area contributed by atoms with Gasteiger partial charge in [0.2, 0.25) is 0 Å². The van der Waals surface area contributed by atoms with E-state index in [1.807, 2.05) is 20.8 Å². The number of aryl methyl sites for hydroxylation is 1. The Morgan fingerprint density at radius 3 is 2.62 bits per heavy atom. The normalized spacial score (nSPS) is 23.5. The molecule has 0 radical (unpaired) electrons. The lowest BCUT2D eigenvalue weighted by Gasteiger charge is -2.51. The van der Waals surface area contributed by atoms with Gasteiger partial charge in [0.1, 0.15) is 4.99 Å². The Morgan fingerprint density at radius 2 is 2.10 bits per heavy atom. The Kier molecular flexibility index (Phi) is 4.49. The van der Waals surface area contributed by atoms with E-state index in [0.717, 1.165) is 29.8 Å². The Balaban J connectivity index is 2.22. The summed E-state index contributed by atoms with van der Waals surface area (Å²) < 4.78 is 5.76. The van der Waals surface area contributed by atoms with Crippen molar-refractivity contribution in [1.82, 2.24) is 10.2 Å². The van der Waals surface area contributed by atoms with Gasteiger partial charge in [-0.15, -0.1) is 5.10 Å². The number of nitrogens with zero attached hydrogens (tertiary/aromatic N) is 2. The van der Waals surface area contributed by atoms with Gasteiger partial charge >= 0.3 is 0 Å². The van der Waals surface area contributed by atoms with Crippen LogP contribution < -0.4 is 11.1 Å². The standard InChI is InChI=1S/C15H24N4OS/c1-6-20-11-7-10(15(11,4)5)17-14-12(13(16)21)8(2)9(3)18-19-14/h10-11H,6-7H2,1-5H3,(H2,16,21)(H,17,19). The number of nitrogens with two attached hydrogens (primary N) is 1. The number of anilines is 1. The summed E-state index contributed by atoms with van der Waals surface area (Å²) in [6.45, 7) is 11.0. The van der Waals surface area contributed by atoms with Crippen molar-refractivity contribution in [2.75, 3.05) is 11.9 Å². The summed E-state index contributed by atoms with van der Waals surface area (Å²) in [4.78, 5) is 0.353. The van der Waals surface area contributed by atoms with Crippen molar-refractivity contribution >= 4 is 23.0 Å². The van der Waals surface area contributed by atoms with Crippen LogP contribution in [-0.2, 0) is 4.74 Å². The van der Waals surface area contributed by atoms with Crippen molar-refractivity contribution in [3.05, 3.63) is 16.8 Å². The van der Waals surface area contributed by atoms with Gasteiger partial charge in [-0.2, -0.15) is 5.10 Å². The molecule has 1 saturated carbocycles. The van der Waals surface area contributed by atoms with Crippen LogP contribution in [-0.4, -0.2) is 33.9 Å². The lowest BCUT2D eigenvalue weighted by Crippen LogP contribution is -2.58. The van der Waals surface area contributed by atoms with Crippen LogP contribution in [0, 0.1) is 19.3 Å². The molecule has 0 saturated heterocycles. The van der Waals surface area contributed by atoms with Crippen LogP contribution in [0.15, 0.2) is 0 Å². The number of nitrogens with one attached hydrogen (secondary N) is 1. The molecule has 1 aliphatic rings. The number of aromatic nitrogens is 2. The van der Waals surface area contributed by atoms with Crippen molar-refractivity contribution in [3.63, 3.8) is 0 Å². The molecule has 0 bridgehead atoms. The highest BCUT2D eigenvalue weighted by Gasteiger charge is 2.49. The van der Waals surface area contributed by atoms with Gasteiger partial charge in [-0.1, -0.05) is 26.1 Å². The van der Waals surface area contributed by atoms with Crippen molar-refractivity contribution in [3.8, 4) is 0 Å². The fourth-order valence-electron chi connectivity index (χ4n) is 2.79. The van der Waals surface area contributed by atoms with E-state index in [0.29, 0.717) is 10.8 Å². The highest BCUT2D eigenvalue weighted by Crippen LogP contribution is 2.44. The van der Waals surface area contributed by atoms with Gasteiger partial charge in [-0.3, -0.25) is 0 Å². The van der Waals surface area contributed by atoms with Crippen LogP contribution in [0.1, 0.15) is 44.0 Å². The van der Waals surface area contributed by atoms with Gasteiger partial charge in [0.15, 0.2) is 5.82 Å². The van der Waals surface area contributed by atoms with E-state index in [1.54, 1.807) is 0 Å². The first-order valence-electron chi connectivity index (χ1n) is 7.30. The predicted molar refractivity (Wildman–Crippen MR) is 88.6 cm³/mol. The largest absolute Gasteiger partial charge is 0.389 e. The first-order chi connectivity index (χ1) is 9.78. The van der Waals surface area contributed by atoms with Crippen LogP contribution >= 0.6 is 12.2 Å². The predicted octanol–water partition coefficient (Wildman–Crippen LogP) is 2.34. The molecule has 1 aromatic heterocycles. The van der Waals surface area contributed by atoms with Gasteiger partial charge in [0.05, 0.1) is 17.4 Å². The number of thiocarbonyl (C=S) groups is 1. The number of ether oxygens (including phenoxy) is 1. The van der Waals surface area contributed by atoms with E-state index in [9.17, 15) is 0 Å². The second kappa shape index (κ2) is 5.85. The number of hydrogen-bond acceptors (Lipinski definition) is 5. The molecule has 0 spiro atoms. The van der Waals surface area contributed by atoms with Crippen LogP contribution in [0.4, 0.5) is 5.82 Å². The molecule has 116 valence electrons. The second-order valence-corrected chi connectivity index (χ2v) is 6.64. The lowest BCUT2D eigenvalue weighted by atomic mass is 9.64. The first-order valence-corrected chi connectivity index (χ1v) is 7.71. The van der Waals surface area contributed by atoms with Gasteiger partial charge < -0.3 is 15.8 Å². The van der Waals surface area contributed by atoms with E-state index in [1.165, 1.54) is 0 Å². The zero-order chi connectivity index (χ0) is 15.8. The highest BCUT2D eigenvalue weighted by molar-refractivity contribution is 7.80. The van der Waals surface area contributed by atoms with Crippen LogP contribution in [0.5, 0.6) is 0 Å². The summed E-state index contributed by atoms with van der Waals surface area (Å²) >= 11 is 5.17. The third-order valence-electron chi connectivity index (χ3n) is 4.56. The Labute approximate surface area is 131 Å². The molecule has 0 aliphatic heterocycles. The van der Waals surface area contributed by atoms with Gasteiger partial charge in [0.25, 0.3) is 0 Å². The summed E-state index contributed by atoms with van der Waals surface area (Å²) in [5.74, 6) is 0.679. The molecule has 0 amide bonds. The summed E-state index contributed by atoms with van der Waals surface area (Å²) in [7, 11) is 0. The molecule has 6 heteroatoms. The molecule has 1 aliphatic carbocycles. The smallest absolute Gasteiger partial charge is 0.159 e. The molecule has 2 atom stereocenters. The Hall–Kier alpha value is -1.27. The van der Waals surface area contributed by atoms with Gasteiger partial charge in [-0.05, 0) is 32.8 Å². The summed E-state index contributed by atoms with van der Waals surface area (Å²) in [5.41, 5.74) is 8.54. The van der Waals surface area contributed by atoms with Gasteiger partial charge in [-0.25, -0.2) is 0 Å². The van der Waals surface area contributed by atoms with E-state index in [-0.39, 0.29) is 17.6 Å². The topological polar surface area (TPSA) is 73.1 Å². The molecule has 21 heavy (non-hydrogen) atoms. The highest BCUT2D eigenvalue weighted by atomic mass is 32.1. The monoisotopic (exact) mass is 308 g/mol. The van der Waals surface area contributed by atoms with E-state index < -0.39 is 0 Å². The first kappa shape index (κ1) is 16.1. The maximum Gasteiger partial charge on any atom is 0.159 e. The molecular weight excluding hydrogens is 284 g/mol. The molecular formula is C15H24N4OS. The fraction of sp³-hybridized carbons (Fsp3) is 0.667.